The van der Waals surface area contributed by atoms with Crippen molar-refractivity contribution in [3.05, 3.63) is 36.0 Å². The number of benzene rings is 1. The molecule has 2 aromatic rings. The van der Waals surface area contributed by atoms with Crippen molar-refractivity contribution in [1.29, 1.82) is 0 Å². The highest BCUT2D eigenvalue weighted by molar-refractivity contribution is 5.87. The molecule has 2 N–H and O–H groups in total. The van der Waals surface area contributed by atoms with Crippen LogP contribution in [-0.4, -0.2) is 17.1 Å². The van der Waals surface area contributed by atoms with Crippen LogP contribution in [0.5, 0.6) is 5.75 Å². The Bertz CT molecular complexity index is 576. The summed E-state index contributed by atoms with van der Waals surface area (Å²) in [7, 11) is 0. The fourth-order valence-electron chi connectivity index (χ4n) is 2.35. The quantitative estimate of drug-likeness (QED) is 0.896. The van der Waals surface area contributed by atoms with Crippen LogP contribution in [0.25, 0.3) is 10.9 Å². The maximum Gasteiger partial charge on any atom is 0.145 e. The molecule has 1 fully saturated rings. The molecule has 0 spiro atoms. The average molecular weight is 242 g/mol. The molecule has 0 bridgehead atoms. The molecule has 1 heterocycles. The third-order valence-corrected chi connectivity index (χ3v) is 3.56. The Hall–Kier alpha value is -1.61. The SMILES string of the molecule is CCOc1ccc(CC2(N)CC2)c2cccnc12. The molecule has 0 unspecified atom stereocenters. The van der Waals surface area contributed by atoms with E-state index in [1.807, 2.05) is 25.3 Å². The minimum absolute atomic E-state index is 0.0237. The summed E-state index contributed by atoms with van der Waals surface area (Å²) in [5.74, 6) is 0.860. The number of nitrogens with two attached hydrogens (primary N) is 1. The van der Waals surface area contributed by atoms with Crippen LogP contribution in [0.15, 0.2) is 30.5 Å². The third-order valence-electron chi connectivity index (χ3n) is 3.56. The van der Waals surface area contributed by atoms with Crippen molar-refractivity contribution in [2.45, 2.75) is 31.7 Å². The van der Waals surface area contributed by atoms with Gasteiger partial charge < -0.3 is 10.5 Å². The lowest BCUT2D eigenvalue weighted by molar-refractivity contribution is 0.343. The van der Waals surface area contributed by atoms with Crippen LogP contribution in [0.3, 0.4) is 0 Å². The average Bonchev–Trinajstić information content (AvgIpc) is 3.11. The van der Waals surface area contributed by atoms with E-state index < -0.39 is 0 Å². The molecule has 0 radical (unpaired) electrons. The number of fused-ring (bicyclic) bond motifs is 1. The van der Waals surface area contributed by atoms with Gasteiger partial charge in [0, 0.05) is 17.1 Å². The maximum atomic E-state index is 6.21. The van der Waals surface area contributed by atoms with Crippen molar-refractivity contribution in [3.63, 3.8) is 0 Å². The van der Waals surface area contributed by atoms with E-state index in [9.17, 15) is 0 Å². The van der Waals surface area contributed by atoms with Crippen molar-refractivity contribution < 1.29 is 4.74 Å². The van der Waals surface area contributed by atoms with Gasteiger partial charge >= 0.3 is 0 Å². The molecule has 3 heteroatoms. The Kier molecular flexibility index (Phi) is 2.71. The van der Waals surface area contributed by atoms with Gasteiger partial charge in [-0.2, -0.15) is 0 Å². The lowest BCUT2D eigenvalue weighted by Gasteiger charge is -2.13. The highest BCUT2D eigenvalue weighted by Gasteiger charge is 2.38. The molecule has 1 saturated carbocycles. The van der Waals surface area contributed by atoms with Crippen molar-refractivity contribution in [2.24, 2.45) is 5.73 Å². The molecule has 94 valence electrons. The summed E-state index contributed by atoms with van der Waals surface area (Å²) in [6, 6.07) is 8.21. The van der Waals surface area contributed by atoms with Crippen LogP contribution in [-0.2, 0) is 6.42 Å². The number of pyridine rings is 1. The van der Waals surface area contributed by atoms with Gasteiger partial charge in [0.1, 0.15) is 11.3 Å². The fraction of sp³-hybridized carbons (Fsp3) is 0.400. The second-order valence-electron chi connectivity index (χ2n) is 5.09. The van der Waals surface area contributed by atoms with Gasteiger partial charge in [0.25, 0.3) is 0 Å². The summed E-state index contributed by atoms with van der Waals surface area (Å²) in [5.41, 5.74) is 8.46. The molecule has 3 nitrogen and oxygen atoms in total. The van der Waals surface area contributed by atoms with Crippen molar-refractivity contribution >= 4 is 10.9 Å². The lowest BCUT2D eigenvalue weighted by atomic mass is 10.00. The van der Waals surface area contributed by atoms with Gasteiger partial charge in [-0.15, -0.1) is 0 Å². The smallest absolute Gasteiger partial charge is 0.145 e. The number of hydrogen-bond acceptors (Lipinski definition) is 3. The monoisotopic (exact) mass is 242 g/mol. The number of ether oxygens (including phenoxy) is 1. The van der Waals surface area contributed by atoms with Crippen molar-refractivity contribution in [1.82, 2.24) is 4.98 Å². The first kappa shape index (κ1) is 11.5. The summed E-state index contributed by atoms with van der Waals surface area (Å²) < 4.78 is 5.63. The van der Waals surface area contributed by atoms with Crippen LogP contribution < -0.4 is 10.5 Å². The first-order valence-electron chi connectivity index (χ1n) is 6.50. The number of aromatic nitrogens is 1. The normalized spacial score (nSPS) is 16.8. The largest absolute Gasteiger partial charge is 0.492 e. The van der Waals surface area contributed by atoms with Gasteiger partial charge in [-0.1, -0.05) is 12.1 Å². The Morgan fingerprint density at radius 2 is 2.17 bits per heavy atom. The van der Waals surface area contributed by atoms with E-state index in [1.54, 1.807) is 0 Å². The molecule has 3 rings (SSSR count). The van der Waals surface area contributed by atoms with E-state index >= 15 is 0 Å². The minimum Gasteiger partial charge on any atom is -0.492 e. The van der Waals surface area contributed by atoms with E-state index in [0.29, 0.717) is 6.61 Å². The van der Waals surface area contributed by atoms with E-state index in [1.165, 1.54) is 10.9 Å². The maximum absolute atomic E-state index is 6.21. The topological polar surface area (TPSA) is 48.1 Å². The van der Waals surface area contributed by atoms with Gasteiger partial charge in [0.15, 0.2) is 0 Å². The zero-order valence-corrected chi connectivity index (χ0v) is 10.6. The van der Waals surface area contributed by atoms with Crippen LogP contribution in [0.2, 0.25) is 0 Å². The first-order chi connectivity index (χ1) is 8.72. The molecule has 1 aromatic heterocycles. The first-order valence-corrected chi connectivity index (χ1v) is 6.50. The van der Waals surface area contributed by atoms with Crippen molar-refractivity contribution in [2.75, 3.05) is 6.61 Å². The van der Waals surface area contributed by atoms with E-state index in [0.717, 1.165) is 30.5 Å². The van der Waals surface area contributed by atoms with Gasteiger partial charge in [0.2, 0.25) is 0 Å². The van der Waals surface area contributed by atoms with Gasteiger partial charge in [-0.3, -0.25) is 4.98 Å². The van der Waals surface area contributed by atoms with Crippen LogP contribution in [0, 0.1) is 0 Å². The number of rotatable bonds is 4. The highest BCUT2D eigenvalue weighted by Crippen LogP contribution is 2.38. The van der Waals surface area contributed by atoms with Crippen LogP contribution >= 0.6 is 0 Å². The Balaban J connectivity index is 2.07. The molecule has 0 aliphatic heterocycles. The minimum atomic E-state index is 0.0237. The second-order valence-corrected chi connectivity index (χ2v) is 5.09. The second kappa shape index (κ2) is 4.25. The van der Waals surface area contributed by atoms with Gasteiger partial charge in [-0.25, -0.2) is 0 Å². The summed E-state index contributed by atoms with van der Waals surface area (Å²) in [5, 5.41) is 1.17. The molecule has 0 saturated heterocycles. The molecule has 1 aromatic carbocycles. The molecule has 18 heavy (non-hydrogen) atoms. The summed E-state index contributed by atoms with van der Waals surface area (Å²) >= 11 is 0. The zero-order valence-electron chi connectivity index (χ0n) is 10.6. The molecule has 0 amide bonds. The molecular weight excluding hydrogens is 224 g/mol. The summed E-state index contributed by atoms with van der Waals surface area (Å²) in [4.78, 5) is 4.45. The molecule has 1 aliphatic rings. The fourth-order valence-corrected chi connectivity index (χ4v) is 2.35. The molecule has 0 atom stereocenters. The van der Waals surface area contributed by atoms with E-state index in [4.69, 9.17) is 10.5 Å². The molecule has 1 aliphatic carbocycles. The highest BCUT2D eigenvalue weighted by atomic mass is 16.5. The zero-order chi connectivity index (χ0) is 12.6. The number of hydrogen-bond donors (Lipinski definition) is 1. The standard InChI is InChI=1S/C15H18N2O/c1-2-18-13-6-5-11(10-15(16)7-8-15)12-4-3-9-17-14(12)13/h3-6,9H,2,7-8,10,16H2,1H3. The summed E-state index contributed by atoms with van der Waals surface area (Å²) in [6.07, 6.45) is 5.00. The van der Waals surface area contributed by atoms with Gasteiger partial charge in [-0.05, 0) is 43.9 Å². The Labute approximate surface area is 107 Å². The van der Waals surface area contributed by atoms with Crippen molar-refractivity contribution in [3.8, 4) is 5.75 Å². The van der Waals surface area contributed by atoms with Crippen LogP contribution in [0.1, 0.15) is 25.3 Å². The molecular formula is C15H18N2O. The van der Waals surface area contributed by atoms with E-state index in [2.05, 4.69) is 17.1 Å². The summed E-state index contributed by atoms with van der Waals surface area (Å²) in [6.45, 7) is 2.65. The Morgan fingerprint density at radius 1 is 1.33 bits per heavy atom. The predicted octanol–water partition coefficient (Wildman–Crippen LogP) is 2.67. The van der Waals surface area contributed by atoms with Gasteiger partial charge in [0.05, 0.1) is 6.61 Å². The third kappa shape index (κ3) is 2.06. The lowest BCUT2D eigenvalue weighted by Crippen LogP contribution is -2.24. The predicted molar refractivity (Wildman–Crippen MR) is 72.8 cm³/mol. The Morgan fingerprint density at radius 3 is 2.89 bits per heavy atom. The number of nitrogens with zero attached hydrogens (tertiary/aromatic N) is 1. The van der Waals surface area contributed by atoms with E-state index in [-0.39, 0.29) is 5.54 Å². The van der Waals surface area contributed by atoms with Crippen LogP contribution in [0.4, 0.5) is 0 Å².